The second-order valence-electron chi connectivity index (χ2n) is 6.52. The summed E-state index contributed by atoms with van der Waals surface area (Å²) in [6.45, 7) is -0.0492. The van der Waals surface area contributed by atoms with Crippen LogP contribution >= 0.6 is 11.8 Å². The Balaban J connectivity index is 1.51. The summed E-state index contributed by atoms with van der Waals surface area (Å²) in [5.41, 5.74) is 0.206. The van der Waals surface area contributed by atoms with Gasteiger partial charge < -0.3 is 15.2 Å². The zero-order valence-corrected chi connectivity index (χ0v) is 13.9. The first-order valence-corrected chi connectivity index (χ1v) is 9.13. The van der Waals surface area contributed by atoms with Crippen molar-refractivity contribution in [2.75, 3.05) is 29.5 Å². The molecular formula is C16H16F2N2O4S. The van der Waals surface area contributed by atoms with E-state index in [1.807, 2.05) is 11.8 Å². The van der Waals surface area contributed by atoms with Crippen LogP contribution in [0.15, 0.2) is 12.1 Å². The van der Waals surface area contributed by atoms with Gasteiger partial charge in [-0.1, -0.05) is 0 Å². The van der Waals surface area contributed by atoms with E-state index in [1.165, 1.54) is 0 Å². The molecule has 25 heavy (non-hydrogen) atoms. The standard InChI is InChI=1S/C16H16F2N2O4S/c17-11-1-7(20-4-8(24-16(20)23)3-19-15(21)22)2-12(18)14(11)13-9-5-25-6-10(9)13/h1-2,8-10,13,19H,3-6H2,(H,21,22)/t8-,9-,10+,13?/m0/s1. The van der Waals surface area contributed by atoms with Gasteiger partial charge in [0.25, 0.3) is 0 Å². The summed E-state index contributed by atoms with van der Waals surface area (Å²) in [6.07, 6.45) is -2.68. The van der Waals surface area contributed by atoms with Crippen molar-refractivity contribution in [1.29, 1.82) is 0 Å². The summed E-state index contributed by atoms with van der Waals surface area (Å²) in [7, 11) is 0. The molecule has 4 atom stereocenters. The minimum Gasteiger partial charge on any atom is -0.465 e. The minimum atomic E-state index is -1.23. The van der Waals surface area contributed by atoms with Crippen molar-refractivity contribution in [2.24, 2.45) is 11.8 Å². The average Bonchev–Trinajstić information content (AvgIpc) is 2.90. The zero-order valence-electron chi connectivity index (χ0n) is 13.1. The number of nitrogens with one attached hydrogen (secondary N) is 1. The van der Waals surface area contributed by atoms with Gasteiger partial charge in [0, 0.05) is 5.56 Å². The molecule has 0 spiro atoms. The maximum Gasteiger partial charge on any atom is 0.414 e. The van der Waals surface area contributed by atoms with Gasteiger partial charge in [0.05, 0.1) is 18.8 Å². The van der Waals surface area contributed by atoms with Crippen LogP contribution in [-0.4, -0.2) is 48.0 Å². The molecule has 4 rings (SSSR count). The highest BCUT2D eigenvalue weighted by Crippen LogP contribution is 2.62. The summed E-state index contributed by atoms with van der Waals surface area (Å²) in [5.74, 6) is 1.23. The number of rotatable bonds is 4. The summed E-state index contributed by atoms with van der Waals surface area (Å²) < 4.78 is 34.1. The molecule has 3 aliphatic rings. The lowest BCUT2D eigenvalue weighted by atomic mass is 10.1. The number of carbonyl (C=O) groups excluding carboxylic acids is 1. The van der Waals surface area contributed by atoms with E-state index in [0.29, 0.717) is 11.8 Å². The van der Waals surface area contributed by atoms with Gasteiger partial charge in [0.15, 0.2) is 0 Å². The fourth-order valence-corrected chi connectivity index (χ4v) is 5.34. The molecule has 0 bridgehead atoms. The summed E-state index contributed by atoms with van der Waals surface area (Å²) in [6, 6.07) is 2.32. The van der Waals surface area contributed by atoms with Crippen LogP contribution in [-0.2, 0) is 4.74 Å². The Kier molecular flexibility index (Phi) is 3.98. The molecule has 3 fully saturated rings. The average molecular weight is 370 g/mol. The molecule has 134 valence electrons. The molecule has 2 aliphatic heterocycles. The molecule has 2 amide bonds. The lowest BCUT2D eigenvalue weighted by Gasteiger charge is -2.16. The van der Waals surface area contributed by atoms with Crippen LogP contribution in [0.25, 0.3) is 0 Å². The van der Waals surface area contributed by atoms with Crippen LogP contribution in [0, 0.1) is 23.5 Å². The molecule has 2 heterocycles. The highest BCUT2D eigenvalue weighted by Gasteiger charge is 2.55. The van der Waals surface area contributed by atoms with Crippen molar-refractivity contribution in [2.45, 2.75) is 12.0 Å². The Morgan fingerprint density at radius 3 is 2.56 bits per heavy atom. The van der Waals surface area contributed by atoms with E-state index >= 15 is 0 Å². The predicted molar refractivity (Wildman–Crippen MR) is 87.0 cm³/mol. The zero-order chi connectivity index (χ0) is 17.7. The van der Waals surface area contributed by atoms with Crippen molar-refractivity contribution in [1.82, 2.24) is 5.32 Å². The van der Waals surface area contributed by atoms with Crippen molar-refractivity contribution in [3.63, 3.8) is 0 Å². The van der Waals surface area contributed by atoms with Gasteiger partial charge in [0.1, 0.15) is 17.7 Å². The van der Waals surface area contributed by atoms with Crippen LogP contribution in [0.2, 0.25) is 0 Å². The summed E-state index contributed by atoms with van der Waals surface area (Å²) in [4.78, 5) is 23.5. The van der Waals surface area contributed by atoms with E-state index in [0.717, 1.165) is 28.5 Å². The van der Waals surface area contributed by atoms with Crippen LogP contribution in [0.3, 0.4) is 0 Å². The topological polar surface area (TPSA) is 78.9 Å². The van der Waals surface area contributed by atoms with Gasteiger partial charge in [-0.3, -0.25) is 4.90 Å². The number of amides is 2. The molecule has 1 aromatic rings. The Bertz CT molecular complexity index is 714. The SMILES string of the molecule is O=C(O)NC[C@H]1CN(c2cc(F)c(C3[C@H]4CSC[C@@H]34)c(F)c2)C(=O)O1. The van der Waals surface area contributed by atoms with E-state index in [-0.39, 0.29) is 30.3 Å². The first-order chi connectivity index (χ1) is 12.0. The number of benzene rings is 1. The number of fused-ring (bicyclic) bond motifs is 1. The third kappa shape index (κ3) is 2.90. The van der Waals surface area contributed by atoms with Gasteiger partial charge in [-0.15, -0.1) is 0 Å². The Hall–Kier alpha value is -2.03. The molecule has 9 heteroatoms. The molecule has 1 saturated carbocycles. The van der Waals surface area contributed by atoms with Crippen LogP contribution in [0.5, 0.6) is 0 Å². The second-order valence-corrected chi connectivity index (χ2v) is 7.59. The van der Waals surface area contributed by atoms with Crippen molar-refractivity contribution in [3.05, 3.63) is 29.3 Å². The highest BCUT2D eigenvalue weighted by molar-refractivity contribution is 7.99. The minimum absolute atomic E-state index is 0.0304. The predicted octanol–water partition coefficient (Wildman–Crippen LogP) is 2.63. The third-order valence-electron chi connectivity index (χ3n) is 5.02. The number of ether oxygens (including phenoxy) is 1. The van der Waals surface area contributed by atoms with Crippen LogP contribution < -0.4 is 10.2 Å². The largest absolute Gasteiger partial charge is 0.465 e. The van der Waals surface area contributed by atoms with Crippen LogP contribution in [0.4, 0.5) is 24.1 Å². The number of hydrogen-bond acceptors (Lipinski definition) is 4. The summed E-state index contributed by atoms with van der Waals surface area (Å²) in [5, 5.41) is 10.7. The van der Waals surface area contributed by atoms with E-state index in [4.69, 9.17) is 9.84 Å². The molecule has 1 aromatic carbocycles. The normalized spacial score (nSPS) is 30.2. The van der Waals surface area contributed by atoms with Crippen molar-refractivity contribution in [3.8, 4) is 0 Å². The Labute approximate surface area is 146 Å². The van der Waals surface area contributed by atoms with Crippen molar-refractivity contribution >= 4 is 29.6 Å². The number of carboxylic acid groups (broad SMARTS) is 1. The number of thioether (sulfide) groups is 1. The highest BCUT2D eigenvalue weighted by atomic mass is 32.2. The molecular weight excluding hydrogens is 354 g/mol. The fourth-order valence-electron chi connectivity index (χ4n) is 3.75. The number of carbonyl (C=O) groups is 2. The number of cyclic esters (lactones) is 1. The molecule has 0 aromatic heterocycles. The lowest BCUT2D eigenvalue weighted by Crippen LogP contribution is -2.33. The molecule has 2 N–H and O–H groups in total. The molecule has 0 radical (unpaired) electrons. The smallest absolute Gasteiger partial charge is 0.414 e. The number of nitrogens with zero attached hydrogens (tertiary/aromatic N) is 1. The summed E-state index contributed by atoms with van der Waals surface area (Å²) >= 11 is 1.81. The first-order valence-electron chi connectivity index (χ1n) is 7.97. The van der Waals surface area contributed by atoms with Crippen molar-refractivity contribution < 1.29 is 28.2 Å². The van der Waals surface area contributed by atoms with Gasteiger partial charge in [-0.25, -0.2) is 18.4 Å². The number of halogens is 2. The Morgan fingerprint density at radius 2 is 1.96 bits per heavy atom. The van der Waals surface area contributed by atoms with Gasteiger partial charge >= 0.3 is 12.2 Å². The Morgan fingerprint density at radius 1 is 1.32 bits per heavy atom. The molecule has 1 unspecified atom stereocenters. The first kappa shape index (κ1) is 16.4. The third-order valence-corrected chi connectivity index (χ3v) is 6.26. The van der Waals surface area contributed by atoms with E-state index in [1.54, 1.807) is 0 Å². The van der Waals surface area contributed by atoms with E-state index in [9.17, 15) is 18.4 Å². The molecule has 6 nitrogen and oxygen atoms in total. The van der Waals surface area contributed by atoms with Gasteiger partial charge in [0.2, 0.25) is 0 Å². The van der Waals surface area contributed by atoms with Gasteiger partial charge in [-0.2, -0.15) is 11.8 Å². The number of anilines is 1. The van der Waals surface area contributed by atoms with Gasteiger partial charge in [-0.05, 0) is 41.4 Å². The quantitative estimate of drug-likeness (QED) is 0.852. The maximum atomic E-state index is 14.5. The van der Waals surface area contributed by atoms with E-state index < -0.39 is 29.9 Å². The van der Waals surface area contributed by atoms with Crippen LogP contribution in [0.1, 0.15) is 11.5 Å². The van der Waals surface area contributed by atoms with E-state index in [2.05, 4.69) is 5.32 Å². The second kappa shape index (κ2) is 6.05. The molecule has 1 aliphatic carbocycles. The molecule has 2 saturated heterocycles. The monoisotopic (exact) mass is 370 g/mol. The maximum absolute atomic E-state index is 14.5. The lowest BCUT2D eigenvalue weighted by molar-refractivity contribution is 0.136. The number of hydrogen-bond donors (Lipinski definition) is 2. The fraction of sp³-hybridized carbons (Fsp3) is 0.500.